The van der Waals surface area contributed by atoms with Gasteiger partial charge in [0.2, 0.25) is 5.91 Å². The van der Waals surface area contributed by atoms with Crippen LogP contribution in [0.5, 0.6) is 5.75 Å². The Bertz CT molecular complexity index is 434. The molecule has 1 aliphatic rings. The molecule has 4 heteroatoms. The molecule has 0 radical (unpaired) electrons. The van der Waals surface area contributed by atoms with Crippen molar-refractivity contribution >= 4 is 11.6 Å². The van der Waals surface area contributed by atoms with Crippen LogP contribution < -0.4 is 4.90 Å². The van der Waals surface area contributed by atoms with Crippen molar-refractivity contribution < 1.29 is 9.90 Å². The quantitative estimate of drug-likeness (QED) is 0.919. The molecule has 1 saturated heterocycles. The van der Waals surface area contributed by atoms with Crippen LogP contribution in [0.15, 0.2) is 24.3 Å². The maximum atomic E-state index is 12.1. The van der Waals surface area contributed by atoms with Gasteiger partial charge in [0.25, 0.3) is 0 Å². The first-order valence-electron chi connectivity index (χ1n) is 7.38. The van der Waals surface area contributed by atoms with Crippen LogP contribution in [0.25, 0.3) is 0 Å². The third kappa shape index (κ3) is 3.89. The smallest absolute Gasteiger partial charge is 0.222 e. The van der Waals surface area contributed by atoms with Crippen LogP contribution in [0, 0.1) is 5.92 Å². The fourth-order valence-corrected chi connectivity index (χ4v) is 2.45. The average Bonchev–Trinajstić information content (AvgIpc) is 2.46. The van der Waals surface area contributed by atoms with Gasteiger partial charge in [-0.2, -0.15) is 0 Å². The van der Waals surface area contributed by atoms with Gasteiger partial charge in [-0.3, -0.25) is 4.79 Å². The maximum absolute atomic E-state index is 12.1. The second kappa shape index (κ2) is 6.64. The molecule has 1 heterocycles. The summed E-state index contributed by atoms with van der Waals surface area (Å²) in [6.07, 6.45) is 1.63. The molecular formula is C16H24N2O2. The van der Waals surface area contributed by atoms with Crippen molar-refractivity contribution in [2.45, 2.75) is 26.7 Å². The Balaban J connectivity index is 1.83. The van der Waals surface area contributed by atoms with Crippen molar-refractivity contribution in [3.05, 3.63) is 24.3 Å². The molecule has 1 aromatic rings. The number of phenolic OH excluding ortho intramolecular Hbond substituents is 1. The van der Waals surface area contributed by atoms with Crippen LogP contribution in [0.3, 0.4) is 0 Å². The first-order chi connectivity index (χ1) is 9.56. The Hall–Kier alpha value is -1.71. The van der Waals surface area contributed by atoms with E-state index in [9.17, 15) is 9.90 Å². The van der Waals surface area contributed by atoms with E-state index in [1.807, 2.05) is 17.0 Å². The fourth-order valence-electron chi connectivity index (χ4n) is 2.45. The third-order valence-electron chi connectivity index (χ3n) is 3.78. The number of anilines is 1. The lowest BCUT2D eigenvalue weighted by molar-refractivity contribution is -0.131. The first-order valence-corrected chi connectivity index (χ1v) is 7.38. The number of hydrogen-bond acceptors (Lipinski definition) is 3. The summed E-state index contributed by atoms with van der Waals surface area (Å²) in [5.41, 5.74) is 1.11. The number of piperazine rings is 1. The van der Waals surface area contributed by atoms with Crippen LogP contribution in [0.4, 0.5) is 5.69 Å². The molecule has 1 amide bonds. The number of carbonyl (C=O) groups excluding carboxylic acids is 1. The lowest BCUT2D eigenvalue weighted by atomic mass is 10.1. The zero-order valence-corrected chi connectivity index (χ0v) is 12.4. The molecule has 1 aromatic carbocycles. The van der Waals surface area contributed by atoms with Crippen LogP contribution in [0.2, 0.25) is 0 Å². The summed E-state index contributed by atoms with van der Waals surface area (Å²) < 4.78 is 0. The van der Waals surface area contributed by atoms with Gasteiger partial charge in [-0.25, -0.2) is 0 Å². The highest BCUT2D eigenvalue weighted by Crippen LogP contribution is 2.20. The van der Waals surface area contributed by atoms with Gasteiger partial charge in [-0.15, -0.1) is 0 Å². The minimum absolute atomic E-state index is 0.282. The molecule has 0 atom stereocenters. The summed E-state index contributed by atoms with van der Waals surface area (Å²) in [7, 11) is 0. The predicted molar refractivity (Wildman–Crippen MR) is 81.0 cm³/mol. The van der Waals surface area contributed by atoms with E-state index in [4.69, 9.17) is 0 Å². The number of benzene rings is 1. The van der Waals surface area contributed by atoms with Crippen molar-refractivity contribution in [3.8, 4) is 5.75 Å². The maximum Gasteiger partial charge on any atom is 0.222 e. The summed E-state index contributed by atoms with van der Waals surface area (Å²) in [4.78, 5) is 16.3. The van der Waals surface area contributed by atoms with Crippen molar-refractivity contribution in [3.63, 3.8) is 0 Å². The summed E-state index contributed by atoms with van der Waals surface area (Å²) >= 11 is 0. The van der Waals surface area contributed by atoms with Gasteiger partial charge in [-0.05, 0) is 36.6 Å². The molecule has 0 aromatic heterocycles. The second-order valence-electron chi connectivity index (χ2n) is 5.82. The fraction of sp³-hybridized carbons (Fsp3) is 0.562. The molecule has 20 heavy (non-hydrogen) atoms. The van der Waals surface area contributed by atoms with E-state index in [-0.39, 0.29) is 11.7 Å². The molecule has 0 spiro atoms. The lowest BCUT2D eigenvalue weighted by Gasteiger charge is -2.36. The number of aromatic hydroxyl groups is 1. The van der Waals surface area contributed by atoms with Crippen molar-refractivity contribution in [1.29, 1.82) is 0 Å². The molecular weight excluding hydrogens is 252 g/mol. The highest BCUT2D eigenvalue weighted by Gasteiger charge is 2.21. The van der Waals surface area contributed by atoms with E-state index in [1.54, 1.807) is 12.1 Å². The molecule has 0 unspecified atom stereocenters. The predicted octanol–water partition coefficient (Wildman–Crippen LogP) is 2.48. The van der Waals surface area contributed by atoms with Gasteiger partial charge in [0.05, 0.1) is 0 Å². The van der Waals surface area contributed by atoms with Crippen molar-refractivity contribution in [1.82, 2.24) is 4.90 Å². The Labute approximate surface area is 121 Å². The third-order valence-corrected chi connectivity index (χ3v) is 3.78. The van der Waals surface area contributed by atoms with Crippen molar-refractivity contribution in [2.75, 3.05) is 31.1 Å². The molecule has 4 nitrogen and oxygen atoms in total. The second-order valence-corrected chi connectivity index (χ2v) is 5.82. The number of amides is 1. The molecule has 1 aliphatic heterocycles. The van der Waals surface area contributed by atoms with Crippen LogP contribution in [-0.4, -0.2) is 42.1 Å². The van der Waals surface area contributed by atoms with Crippen LogP contribution in [0.1, 0.15) is 26.7 Å². The summed E-state index contributed by atoms with van der Waals surface area (Å²) in [6.45, 7) is 7.60. The molecule has 110 valence electrons. The largest absolute Gasteiger partial charge is 0.508 e. The molecule has 0 bridgehead atoms. The highest BCUT2D eigenvalue weighted by molar-refractivity contribution is 5.76. The number of rotatable bonds is 4. The lowest BCUT2D eigenvalue weighted by Crippen LogP contribution is -2.48. The van der Waals surface area contributed by atoms with Crippen LogP contribution >= 0.6 is 0 Å². The first kappa shape index (κ1) is 14.7. The summed E-state index contributed by atoms with van der Waals surface area (Å²) in [5, 5.41) is 9.30. The van der Waals surface area contributed by atoms with E-state index >= 15 is 0 Å². The number of phenols is 1. The van der Waals surface area contributed by atoms with Crippen molar-refractivity contribution in [2.24, 2.45) is 5.92 Å². The number of hydrogen-bond donors (Lipinski definition) is 1. The molecule has 2 rings (SSSR count). The zero-order chi connectivity index (χ0) is 14.5. The standard InChI is InChI=1S/C16H24N2O2/c1-13(2)3-8-16(20)18-11-9-17(10-12-18)14-4-6-15(19)7-5-14/h4-7,13,19H,3,8-12H2,1-2H3. The van der Waals surface area contributed by atoms with Gasteiger partial charge in [0.1, 0.15) is 5.75 Å². The summed E-state index contributed by atoms with van der Waals surface area (Å²) in [6, 6.07) is 7.25. The van der Waals surface area contributed by atoms with E-state index < -0.39 is 0 Å². The number of carbonyl (C=O) groups is 1. The Morgan fingerprint density at radius 1 is 1.15 bits per heavy atom. The number of nitrogens with zero attached hydrogens (tertiary/aromatic N) is 2. The topological polar surface area (TPSA) is 43.8 Å². The highest BCUT2D eigenvalue weighted by atomic mass is 16.3. The minimum atomic E-state index is 0.282. The van der Waals surface area contributed by atoms with E-state index in [1.165, 1.54) is 0 Å². The normalized spacial score (nSPS) is 15.8. The molecule has 1 N–H and O–H groups in total. The van der Waals surface area contributed by atoms with E-state index in [2.05, 4.69) is 18.7 Å². The van der Waals surface area contributed by atoms with E-state index in [0.29, 0.717) is 12.3 Å². The van der Waals surface area contributed by atoms with Crippen LogP contribution in [-0.2, 0) is 4.79 Å². The molecule has 0 saturated carbocycles. The Morgan fingerprint density at radius 2 is 1.75 bits per heavy atom. The summed E-state index contributed by atoms with van der Waals surface area (Å²) in [5.74, 6) is 1.15. The SMILES string of the molecule is CC(C)CCC(=O)N1CCN(c2ccc(O)cc2)CC1. The molecule has 1 fully saturated rings. The van der Waals surface area contributed by atoms with Gasteiger partial charge in [-0.1, -0.05) is 13.8 Å². The monoisotopic (exact) mass is 276 g/mol. The van der Waals surface area contributed by atoms with Gasteiger partial charge < -0.3 is 14.9 Å². The Kier molecular flexibility index (Phi) is 4.88. The molecule has 0 aliphatic carbocycles. The van der Waals surface area contributed by atoms with E-state index in [0.717, 1.165) is 38.3 Å². The zero-order valence-electron chi connectivity index (χ0n) is 12.4. The average molecular weight is 276 g/mol. The Morgan fingerprint density at radius 3 is 2.30 bits per heavy atom. The minimum Gasteiger partial charge on any atom is -0.508 e. The van der Waals surface area contributed by atoms with Gasteiger partial charge in [0.15, 0.2) is 0 Å². The van der Waals surface area contributed by atoms with Gasteiger partial charge >= 0.3 is 0 Å². The van der Waals surface area contributed by atoms with Gasteiger partial charge in [0, 0.05) is 38.3 Å².